The molecule has 0 aliphatic heterocycles. The van der Waals surface area contributed by atoms with Crippen molar-refractivity contribution < 1.29 is 14.3 Å². The average Bonchev–Trinajstić information content (AvgIpc) is 3.02. The second-order valence-electron chi connectivity index (χ2n) is 6.80. The highest BCUT2D eigenvalue weighted by molar-refractivity contribution is 9.10. The molecule has 3 rings (SSSR count). The number of hydrogen-bond donors (Lipinski definition) is 1. The molecule has 0 aliphatic rings. The van der Waals surface area contributed by atoms with Gasteiger partial charge in [-0.3, -0.25) is 4.79 Å². The molecule has 3 aromatic rings. The van der Waals surface area contributed by atoms with Gasteiger partial charge in [-0.05, 0) is 61.9 Å². The Morgan fingerprint density at radius 3 is 2.40 bits per heavy atom. The maximum Gasteiger partial charge on any atom is 0.337 e. The van der Waals surface area contributed by atoms with Crippen LogP contribution in [-0.4, -0.2) is 29.8 Å². The van der Waals surface area contributed by atoms with Crippen LogP contribution in [0.5, 0.6) is 0 Å². The first kappa shape index (κ1) is 21.5. The van der Waals surface area contributed by atoms with Crippen LogP contribution in [0.3, 0.4) is 0 Å². The molecule has 0 fully saturated rings. The van der Waals surface area contributed by atoms with Gasteiger partial charge in [-0.25, -0.2) is 10.2 Å². The molecule has 2 aromatic carbocycles. The molecule has 0 bridgehead atoms. The minimum Gasteiger partial charge on any atom is -0.465 e. The van der Waals surface area contributed by atoms with E-state index in [0.717, 1.165) is 32.7 Å². The van der Waals surface area contributed by atoms with Gasteiger partial charge < -0.3 is 9.30 Å². The first-order chi connectivity index (χ1) is 14.4. The third-order valence-corrected chi connectivity index (χ3v) is 5.22. The number of methoxy groups -OCH3 is 1. The number of rotatable bonds is 6. The van der Waals surface area contributed by atoms with Gasteiger partial charge in [-0.1, -0.05) is 28.1 Å². The number of nitrogens with one attached hydrogen (secondary N) is 1. The van der Waals surface area contributed by atoms with Crippen molar-refractivity contribution in [1.82, 2.24) is 9.99 Å². The standard InChI is InChI=1S/C23H22BrN3O3/c1-15-12-19(14-25-26-22(28)13-17-4-8-20(24)9-5-17)16(2)27(15)21-10-6-18(7-11-21)23(29)30-3/h4-12,14H,13H2,1-3H3,(H,26,28)/b25-14-. The zero-order valence-corrected chi connectivity index (χ0v) is 18.6. The number of hydrogen-bond acceptors (Lipinski definition) is 4. The largest absolute Gasteiger partial charge is 0.465 e. The molecule has 0 aliphatic carbocycles. The van der Waals surface area contributed by atoms with E-state index < -0.39 is 0 Å². The Labute approximate surface area is 183 Å². The van der Waals surface area contributed by atoms with E-state index in [-0.39, 0.29) is 18.3 Å². The monoisotopic (exact) mass is 467 g/mol. The number of benzene rings is 2. The van der Waals surface area contributed by atoms with Crippen molar-refractivity contribution in [2.24, 2.45) is 5.10 Å². The number of esters is 1. The number of carbonyl (C=O) groups excluding carboxylic acids is 2. The molecule has 0 saturated carbocycles. The number of aryl methyl sites for hydroxylation is 1. The van der Waals surface area contributed by atoms with Crippen LogP contribution in [0.2, 0.25) is 0 Å². The summed E-state index contributed by atoms with van der Waals surface area (Å²) in [6, 6.07) is 16.8. The molecule has 30 heavy (non-hydrogen) atoms. The Morgan fingerprint density at radius 2 is 1.77 bits per heavy atom. The number of halogens is 1. The van der Waals surface area contributed by atoms with Crippen molar-refractivity contribution in [3.63, 3.8) is 0 Å². The molecule has 0 saturated heterocycles. The third-order valence-electron chi connectivity index (χ3n) is 4.69. The summed E-state index contributed by atoms with van der Waals surface area (Å²) in [6.45, 7) is 3.97. The SMILES string of the molecule is COC(=O)c1ccc(-n2c(C)cc(/C=N\NC(=O)Cc3ccc(Br)cc3)c2C)cc1. The molecule has 0 unspecified atom stereocenters. The average molecular weight is 468 g/mol. The first-order valence-corrected chi connectivity index (χ1v) is 10.1. The van der Waals surface area contributed by atoms with E-state index in [1.165, 1.54) is 7.11 Å². The van der Waals surface area contributed by atoms with Crippen LogP contribution in [0.4, 0.5) is 0 Å². The molecule has 154 valence electrons. The van der Waals surface area contributed by atoms with E-state index in [4.69, 9.17) is 4.74 Å². The highest BCUT2D eigenvalue weighted by Gasteiger charge is 2.11. The number of carbonyl (C=O) groups is 2. The van der Waals surface area contributed by atoms with Gasteiger partial charge >= 0.3 is 5.97 Å². The minimum atomic E-state index is -0.366. The Hall–Kier alpha value is -3.19. The van der Waals surface area contributed by atoms with Gasteiger partial charge in [0.1, 0.15) is 0 Å². The van der Waals surface area contributed by atoms with E-state index in [2.05, 4.69) is 31.0 Å². The van der Waals surface area contributed by atoms with E-state index in [0.29, 0.717) is 5.56 Å². The quantitative estimate of drug-likeness (QED) is 0.333. The summed E-state index contributed by atoms with van der Waals surface area (Å²) in [4.78, 5) is 23.7. The van der Waals surface area contributed by atoms with E-state index in [9.17, 15) is 9.59 Å². The van der Waals surface area contributed by atoms with Crippen molar-refractivity contribution in [2.75, 3.05) is 7.11 Å². The van der Waals surface area contributed by atoms with Crippen LogP contribution in [-0.2, 0) is 16.0 Å². The van der Waals surface area contributed by atoms with E-state index in [1.807, 2.05) is 56.3 Å². The zero-order chi connectivity index (χ0) is 21.7. The fourth-order valence-electron chi connectivity index (χ4n) is 3.18. The van der Waals surface area contributed by atoms with Gasteiger partial charge in [-0.15, -0.1) is 0 Å². The second kappa shape index (κ2) is 9.54. The molecule has 1 heterocycles. The summed E-state index contributed by atoms with van der Waals surface area (Å²) in [5.41, 5.74) is 7.80. The lowest BCUT2D eigenvalue weighted by atomic mass is 10.1. The molecule has 1 aromatic heterocycles. The summed E-state index contributed by atoms with van der Waals surface area (Å²) >= 11 is 3.38. The van der Waals surface area contributed by atoms with Gasteiger partial charge in [0.05, 0.1) is 25.3 Å². The van der Waals surface area contributed by atoms with Crippen molar-refractivity contribution in [3.8, 4) is 5.69 Å². The zero-order valence-electron chi connectivity index (χ0n) is 17.0. The number of nitrogens with zero attached hydrogens (tertiary/aromatic N) is 2. The van der Waals surface area contributed by atoms with Crippen LogP contribution < -0.4 is 5.43 Å². The summed E-state index contributed by atoms with van der Waals surface area (Å²) in [7, 11) is 1.36. The molecule has 6 nitrogen and oxygen atoms in total. The van der Waals surface area contributed by atoms with Crippen LogP contribution in [0.15, 0.2) is 64.2 Å². The van der Waals surface area contributed by atoms with Gasteiger partial charge in [0.25, 0.3) is 0 Å². The Balaban J connectivity index is 1.69. The third kappa shape index (κ3) is 5.04. The maximum absolute atomic E-state index is 12.1. The summed E-state index contributed by atoms with van der Waals surface area (Å²) in [6.07, 6.45) is 1.90. The van der Waals surface area contributed by atoms with Crippen molar-refractivity contribution in [1.29, 1.82) is 0 Å². The minimum absolute atomic E-state index is 0.180. The second-order valence-corrected chi connectivity index (χ2v) is 7.71. The predicted octanol–water partition coefficient (Wildman–Crippen LogP) is 4.34. The lowest BCUT2D eigenvalue weighted by Crippen LogP contribution is -2.19. The molecule has 0 atom stereocenters. The van der Waals surface area contributed by atoms with Gasteiger partial charge in [0.15, 0.2) is 0 Å². The van der Waals surface area contributed by atoms with Gasteiger partial charge in [-0.2, -0.15) is 5.10 Å². The number of amides is 1. The van der Waals surface area contributed by atoms with Crippen molar-refractivity contribution >= 4 is 34.0 Å². The van der Waals surface area contributed by atoms with E-state index in [1.54, 1.807) is 18.3 Å². The predicted molar refractivity (Wildman–Crippen MR) is 120 cm³/mol. The fraction of sp³-hybridized carbons (Fsp3) is 0.174. The summed E-state index contributed by atoms with van der Waals surface area (Å²) < 4.78 is 7.77. The van der Waals surface area contributed by atoms with Crippen LogP contribution >= 0.6 is 15.9 Å². The molecule has 1 N–H and O–H groups in total. The highest BCUT2D eigenvalue weighted by atomic mass is 79.9. The van der Waals surface area contributed by atoms with E-state index >= 15 is 0 Å². The van der Waals surface area contributed by atoms with Gasteiger partial charge in [0.2, 0.25) is 5.91 Å². The molecular formula is C23H22BrN3O3. The maximum atomic E-state index is 12.1. The number of ether oxygens (including phenoxy) is 1. The Bertz CT molecular complexity index is 1080. The normalized spacial score (nSPS) is 10.9. The van der Waals surface area contributed by atoms with Gasteiger partial charge in [0, 0.05) is 27.1 Å². The molecular weight excluding hydrogens is 446 g/mol. The van der Waals surface area contributed by atoms with Crippen LogP contribution in [0, 0.1) is 13.8 Å². The lowest BCUT2D eigenvalue weighted by molar-refractivity contribution is -0.120. The molecule has 0 radical (unpaired) electrons. The molecule has 7 heteroatoms. The van der Waals surface area contributed by atoms with Crippen LogP contribution in [0.25, 0.3) is 5.69 Å². The number of hydrazone groups is 1. The smallest absolute Gasteiger partial charge is 0.337 e. The highest BCUT2D eigenvalue weighted by Crippen LogP contribution is 2.20. The fourth-order valence-corrected chi connectivity index (χ4v) is 3.45. The molecule has 0 spiro atoms. The molecule has 1 amide bonds. The first-order valence-electron chi connectivity index (χ1n) is 9.33. The summed E-state index contributed by atoms with van der Waals surface area (Å²) in [5, 5.41) is 4.10. The number of aromatic nitrogens is 1. The topological polar surface area (TPSA) is 72.7 Å². The Morgan fingerprint density at radius 1 is 1.10 bits per heavy atom. The lowest BCUT2D eigenvalue weighted by Gasteiger charge is -2.10. The Kier molecular flexibility index (Phi) is 6.84. The van der Waals surface area contributed by atoms with Crippen molar-refractivity contribution in [3.05, 3.63) is 87.1 Å². The van der Waals surface area contributed by atoms with Crippen LogP contribution in [0.1, 0.15) is 32.9 Å². The summed E-state index contributed by atoms with van der Waals surface area (Å²) in [5.74, 6) is -0.546. The van der Waals surface area contributed by atoms with Crippen molar-refractivity contribution in [2.45, 2.75) is 20.3 Å².